The van der Waals surface area contributed by atoms with Crippen LogP contribution in [0.1, 0.15) is 11.1 Å². The van der Waals surface area contributed by atoms with Crippen molar-refractivity contribution in [3.63, 3.8) is 0 Å². The Morgan fingerprint density at radius 3 is 2.81 bits per heavy atom. The van der Waals surface area contributed by atoms with Crippen LogP contribution in [-0.4, -0.2) is 36.7 Å². The Kier molecular flexibility index (Phi) is 4.54. The molecule has 4 rings (SSSR count). The van der Waals surface area contributed by atoms with Gasteiger partial charge in [0, 0.05) is 35.8 Å². The van der Waals surface area contributed by atoms with Crippen LogP contribution in [0, 0.1) is 0 Å². The summed E-state index contributed by atoms with van der Waals surface area (Å²) in [6, 6.07) is 15.1. The summed E-state index contributed by atoms with van der Waals surface area (Å²) < 4.78 is 4.74. The molecule has 0 bridgehead atoms. The summed E-state index contributed by atoms with van der Waals surface area (Å²) in [6.07, 6.45) is 2.49. The first kappa shape index (κ1) is 17.1. The number of aromatic nitrogens is 1. The average molecular weight is 363 g/mol. The molecule has 1 aliphatic heterocycles. The van der Waals surface area contributed by atoms with Crippen molar-refractivity contribution in [2.75, 3.05) is 18.6 Å². The van der Waals surface area contributed by atoms with Gasteiger partial charge in [-0.05, 0) is 29.7 Å². The van der Waals surface area contributed by atoms with Crippen LogP contribution in [0.4, 0.5) is 10.5 Å². The lowest BCUT2D eigenvalue weighted by Gasteiger charge is -2.24. The van der Waals surface area contributed by atoms with Gasteiger partial charge in [0.15, 0.2) is 0 Å². The lowest BCUT2D eigenvalue weighted by molar-refractivity contribution is -0.120. The van der Waals surface area contributed by atoms with E-state index in [1.807, 2.05) is 54.7 Å². The minimum Gasteiger partial charge on any atom is -0.453 e. The second-order valence-electron chi connectivity index (χ2n) is 6.62. The largest absolute Gasteiger partial charge is 0.453 e. The molecule has 1 aliphatic rings. The summed E-state index contributed by atoms with van der Waals surface area (Å²) in [5.74, 6) is -0.129. The topological polar surface area (TPSA) is 74.4 Å². The van der Waals surface area contributed by atoms with Gasteiger partial charge in [0.25, 0.3) is 0 Å². The lowest BCUT2D eigenvalue weighted by Crippen LogP contribution is -2.49. The van der Waals surface area contributed by atoms with Crippen LogP contribution in [-0.2, 0) is 22.4 Å². The number of fused-ring (bicyclic) bond motifs is 2. The van der Waals surface area contributed by atoms with Gasteiger partial charge in [-0.25, -0.2) is 4.79 Å². The number of hydrogen-bond donors (Lipinski definition) is 2. The molecule has 1 atom stereocenters. The molecule has 2 N–H and O–H groups in total. The maximum absolute atomic E-state index is 13.3. The lowest BCUT2D eigenvalue weighted by atomic mass is 10.0. The van der Waals surface area contributed by atoms with Crippen molar-refractivity contribution in [1.29, 1.82) is 0 Å². The SMILES string of the molecule is COC(=O)N[C@@H](Cc1c[nH]c2ccccc12)C(=O)N1CCc2ccccc21. The molecule has 6 heteroatoms. The monoisotopic (exact) mass is 363 g/mol. The fourth-order valence-corrected chi connectivity index (χ4v) is 3.68. The van der Waals surface area contributed by atoms with Crippen LogP contribution in [0.25, 0.3) is 10.9 Å². The van der Waals surface area contributed by atoms with E-state index in [4.69, 9.17) is 4.74 Å². The Labute approximate surface area is 157 Å². The summed E-state index contributed by atoms with van der Waals surface area (Å²) in [4.78, 5) is 30.1. The molecule has 27 heavy (non-hydrogen) atoms. The zero-order valence-electron chi connectivity index (χ0n) is 15.1. The number of ether oxygens (including phenoxy) is 1. The first-order valence-electron chi connectivity index (χ1n) is 8.96. The molecular formula is C21H21N3O3. The minimum atomic E-state index is -0.706. The summed E-state index contributed by atoms with van der Waals surface area (Å²) in [5.41, 5.74) is 4.05. The molecule has 0 unspecified atom stereocenters. The molecule has 0 fully saturated rings. The highest BCUT2D eigenvalue weighted by molar-refractivity contribution is 6.00. The molecule has 2 amide bonds. The normalized spacial score (nSPS) is 14.0. The molecule has 0 radical (unpaired) electrons. The van der Waals surface area contributed by atoms with Gasteiger partial charge in [0.1, 0.15) is 6.04 Å². The number of alkyl carbamates (subject to hydrolysis) is 1. The zero-order valence-corrected chi connectivity index (χ0v) is 15.1. The van der Waals surface area contributed by atoms with Crippen LogP contribution in [0.3, 0.4) is 0 Å². The van der Waals surface area contributed by atoms with E-state index in [0.29, 0.717) is 13.0 Å². The number of para-hydroxylation sites is 2. The maximum Gasteiger partial charge on any atom is 0.407 e. The number of nitrogens with one attached hydrogen (secondary N) is 2. The maximum atomic E-state index is 13.3. The molecule has 0 saturated carbocycles. The van der Waals surface area contributed by atoms with Crippen molar-refractivity contribution >= 4 is 28.6 Å². The van der Waals surface area contributed by atoms with E-state index in [2.05, 4.69) is 10.3 Å². The summed E-state index contributed by atoms with van der Waals surface area (Å²) >= 11 is 0. The van der Waals surface area contributed by atoms with Crippen molar-refractivity contribution < 1.29 is 14.3 Å². The number of H-pyrrole nitrogens is 1. The minimum absolute atomic E-state index is 0.129. The first-order chi connectivity index (χ1) is 13.2. The van der Waals surface area contributed by atoms with Gasteiger partial charge in [-0.3, -0.25) is 4.79 Å². The highest BCUT2D eigenvalue weighted by Crippen LogP contribution is 2.28. The molecule has 1 aromatic heterocycles. The van der Waals surface area contributed by atoms with Crippen molar-refractivity contribution in [2.45, 2.75) is 18.9 Å². The third kappa shape index (κ3) is 3.26. The summed E-state index contributed by atoms with van der Waals surface area (Å²) in [7, 11) is 1.30. The Morgan fingerprint density at radius 1 is 1.19 bits per heavy atom. The van der Waals surface area contributed by atoms with Gasteiger partial charge in [-0.15, -0.1) is 0 Å². The Morgan fingerprint density at radius 2 is 1.96 bits per heavy atom. The highest BCUT2D eigenvalue weighted by Gasteiger charge is 2.31. The van der Waals surface area contributed by atoms with E-state index in [1.54, 1.807) is 4.90 Å². The second-order valence-corrected chi connectivity index (χ2v) is 6.62. The summed E-state index contributed by atoms with van der Waals surface area (Å²) in [5, 5.41) is 3.76. The van der Waals surface area contributed by atoms with Crippen molar-refractivity contribution in [1.82, 2.24) is 10.3 Å². The van der Waals surface area contributed by atoms with Gasteiger partial charge in [-0.2, -0.15) is 0 Å². The molecule has 0 aliphatic carbocycles. The van der Waals surface area contributed by atoms with E-state index < -0.39 is 12.1 Å². The fraction of sp³-hybridized carbons (Fsp3) is 0.238. The van der Waals surface area contributed by atoms with E-state index >= 15 is 0 Å². The van der Waals surface area contributed by atoms with E-state index in [0.717, 1.165) is 34.1 Å². The molecule has 6 nitrogen and oxygen atoms in total. The number of carbonyl (C=O) groups excluding carboxylic acids is 2. The zero-order chi connectivity index (χ0) is 18.8. The van der Waals surface area contributed by atoms with Crippen LogP contribution in [0.5, 0.6) is 0 Å². The number of anilines is 1. The number of aromatic amines is 1. The van der Waals surface area contributed by atoms with Gasteiger partial charge >= 0.3 is 6.09 Å². The number of benzene rings is 2. The van der Waals surface area contributed by atoms with Crippen LogP contribution in [0.2, 0.25) is 0 Å². The van der Waals surface area contributed by atoms with Gasteiger partial charge in [0.2, 0.25) is 5.91 Å². The van der Waals surface area contributed by atoms with Crippen molar-refractivity contribution in [3.8, 4) is 0 Å². The van der Waals surface area contributed by atoms with Crippen LogP contribution in [0.15, 0.2) is 54.7 Å². The van der Waals surface area contributed by atoms with Crippen LogP contribution >= 0.6 is 0 Å². The third-order valence-electron chi connectivity index (χ3n) is 5.03. The van der Waals surface area contributed by atoms with Gasteiger partial charge in [0.05, 0.1) is 7.11 Å². The van der Waals surface area contributed by atoms with Crippen molar-refractivity contribution in [2.24, 2.45) is 0 Å². The van der Waals surface area contributed by atoms with Gasteiger partial charge in [-0.1, -0.05) is 36.4 Å². The standard InChI is InChI=1S/C21H21N3O3/c1-27-21(26)23-18(12-15-13-22-17-8-4-3-7-16(15)17)20(25)24-11-10-14-6-2-5-9-19(14)24/h2-9,13,18,22H,10-12H2,1H3,(H,23,26)/t18-/m0/s1. The Hall–Kier alpha value is -3.28. The predicted octanol–water partition coefficient (Wildman–Crippen LogP) is 3.02. The number of amides is 2. The van der Waals surface area contributed by atoms with Crippen molar-refractivity contribution in [3.05, 3.63) is 65.9 Å². The van der Waals surface area contributed by atoms with E-state index in [9.17, 15) is 9.59 Å². The number of methoxy groups -OCH3 is 1. The molecule has 2 heterocycles. The fourth-order valence-electron chi connectivity index (χ4n) is 3.68. The molecule has 2 aromatic carbocycles. The van der Waals surface area contributed by atoms with E-state index in [1.165, 1.54) is 7.11 Å². The van der Waals surface area contributed by atoms with Gasteiger partial charge < -0.3 is 19.9 Å². The quantitative estimate of drug-likeness (QED) is 0.748. The number of hydrogen-bond acceptors (Lipinski definition) is 3. The number of nitrogens with zero attached hydrogens (tertiary/aromatic N) is 1. The number of carbonyl (C=O) groups is 2. The predicted molar refractivity (Wildman–Crippen MR) is 104 cm³/mol. The van der Waals surface area contributed by atoms with E-state index in [-0.39, 0.29) is 5.91 Å². The molecule has 0 spiro atoms. The molecule has 0 saturated heterocycles. The Bertz CT molecular complexity index is 995. The Balaban J connectivity index is 1.63. The molecule has 138 valence electrons. The third-order valence-corrected chi connectivity index (χ3v) is 5.03. The highest BCUT2D eigenvalue weighted by atomic mass is 16.5. The molecular weight excluding hydrogens is 342 g/mol. The van der Waals surface area contributed by atoms with Crippen LogP contribution < -0.4 is 10.2 Å². The summed E-state index contributed by atoms with van der Waals surface area (Å²) in [6.45, 7) is 0.616. The molecule has 3 aromatic rings. The smallest absolute Gasteiger partial charge is 0.407 e. The number of rotatable bonds is 4. The second kappa shape index (κ2) is 7.15. The average Bonchev–Trinajstić information content (AvgIpc) is 3.31. The first-order valence-corrected chi connectivity index (χ1v) is 8.96.